The molecule has 0 saturated carbocycles. The van der Waals surface area contributed by atoms with Crippen LogP contribution in [0.15, 0.2) is 0 Å². The van der Waals surface area contributed by atoms with Gasteiger partial charge in [-0.3, -0.25) is 0 Å². The molecule has 0 aromatic heterocycles. The van der Waals surface area contributed by atoms with Gasteiger partial charge in [-0.2, -0.15) is 0 Å². The van der Waals surface area contributed by atoms with Crippen LogP contribution in [0, 0.1) is 0 Å². The average molecular weight is 423 g/mol. The van der Waals surface area contributed by atoms with E-state index in [1.165, 1.54) is 51.4 Å². The monoisotopic (exact) mass is 422 g/mol. The van der Waals surface area contributed by atoms with Gasteiger partial charge in [0.25, 0.3) is 0 Å². The molecule has 0 fully saturated rings. The van der Waals surface area contributed by atoms with E-state index in [0.29, 0.717) is 0 Å². The van der Waals surface area contributed by atoms with E-state index in [4.69, 9.17) is 0 Å². The van der Waals surface area contributed by atoms with Gasteiger partial charge < -0.3 is 5.48 Å². The fourth-order valence-electron chi connectivity index (χ4n) is 3.46. The van der Waals surface area contributed by atoms with E-state index in [1.54, 1.807) is 43.2 Å². The Kier molecular flexibility index (Phi) is 20.6. The summed E-state index contributed by atoms with van der Waals surface area (Å²) in [6.45, 7) is 9.45. The van der Waals surface area contributed by atoms with Gasteiger partial charge in [0.05, 0.1) is 0 Å². The quantitative estimate of drug-likeness (QED) is 0.183. The van der Waals surface area contributed by atoms with Gasteiger partial charge in [-0.25, -0.2) is 0 Å². The minimum atomic E-state index is -1.67. The normalized spacial score (nSPS) is 11.5. The zero-order valence-corrected chi connectivity index (χ0v) is 18.8. The van der Waals surface area contributed by atoms with Crippen molar-refractivity contribution in [2.24, 2.45) is 0 Å². The average Bonchev–Trinajstić information content (AvgIpc) is 2.48. The Labute approximate surface area is 146 Å². The zero-order chi connectivity index (χ0) is 15.8. The van der Waals surface area contributed by atoms with Crippen molar-refractivity contribution in [1.82, 2.24) is 0 Å². The Hall–Kier alpha value is 0.778. The van der Waals surface area contributed by atoms with Crippen molar-refractivity contribution < 1.29 is 5.48 Å². The van der Waals surface area contributed by atoms with Gasteiger partial charge in [0.2, 0.25) is 0 Å². The van der Waals surface area contributed by atoms with Gasteiger partial charge in [-0.15, -0.1) is 0 Å². The molecule has 0 rings (SSSR count). The number of unbranched alkanes of at least 4 members (excludes halogenated alkanes) is 8. The molecule has 0 amide bonds. The van der Waals surface area contributed by atoms with Gasteiger partial charge in [0.15, 0.2) is 0 Å². The summed E-state index contributed by atoms with van der Waals surface area (Å²) in [4.78, 5) is 0. The molecular weight excluding hydrogens is 378 g/mol. The van der Waals surface area contributed by atoms with Gasteiger partial charge in [0, 0.05) is 0 Å². The Morgan fingerprint density at radius 1 is 0.409 bits per heavy atom. The van der Waals surface area contributed by atoms with Crippen LogP contribution in [-0.4, -0.2) is 24.3 Å². The number of hydrogen-bond acceptors (Lipinski definition) is 1. The molecule has 1 N–H and O–H groups in total. The molecule has 0 atom stereocenters. The third-order valence-corrected chi connectivity index (χ3v) is 19.4. The maximum absolute atomic E-state index is 2.36. The largest absolute Gasteiger partial charge is 0.870 e. The minimum absolute atomic E-state index is 0. The molecule has 1 nitrogen and oxygen atoms in total. The van der Waals surface area contributed by atoms with Crippen molar-refractivity contribution in [2.45, 2.75) is 122 Å². The second-order valence-corrected chi connectivity index (χ2v) is 19.8. The molecule has 0 spiro atoms. The van der Waals surface area contributed by atoms with Crippen LogP contribution < -0.4 is 0 Å². The Morgan fingerprint density at radius 2 is 0.636 bits per heavy atom. The van der Waals surface area contributed by atoms with Crippen LogP contribution in [0.2, 0.25) is 17.5 Å². The van der Waals surface area contributed by atoms with Crippen molar-refractivity contribution in [3.05, 3.63) is 0 Å². The van der Waals surface area contributed by atoms with Crippen molar-refractivity contribution in [1.29, 1.82) is 0 Å². The van der Waals surface area contributed by atoms with E-state index >= 15 is 0 Å². The maximum Gasteiger partial charge on any atom is -0.870 e. The van der Waals surface area contributed by atoms with Crippen molar-refractivity contribution in [3.63, 3.8) is 0 Å². The molecule has 0 aliphatic heterocycles. The van der Waals surface area contributed by atoms with E-state index in [2.05, 4.69) is 27.7 Å². The van der Waals surface area contributed by atoms with Gasteiger partial charge in [-0.1, -0.05) is 0 Å². The summed E-state index contributed by atoms with van der Waals surface area (Å²) < 4.78 is 6.85. The van der Waals surface area contributed by atoms with Crippen LogP contribution in [-0.2, 0) is 0 Å². The van der Waals surface area contributed by atoms with E-state index in [9.17, 15) is 0 Å². The van der Waals surface area contributed by atoms with Gasteiger partial charge >= 0.3 is 141 Å². The predicted molar refractivity (Wildman–Crippen MR) is 105 cm³/mol. The fraction of sp³-hybridized carbons (Fsp3) is 1.00. The summed E-state index contributed by atoms with van der Waals surface area (Å²) in [5, 5.41) is 0. The molecule has 22 heavy (non-hydrogen) atoms. The summed E-state index contributed by atoms with van der Waals surface area (Å²) in [7, 11) is 0. The van der Waals surface area contributed by atoms with Gasteiger partial charge in [0.1, 0.15) is 0 Å². The zero-order valence-electron chi connectivity index (χ0n) is 16.2. The van der Waals surface area contributed by atoms with E-state index in [-0.39, 0.29) is 5.48 Å². The third-order valence-electron chi connectivity index (χ3n) is 4.94. The van der Waals surface area contributed by atoms with Crippen LogP contribution in [0.1, 0.15) is 105 Å². The molecule has 0 unspecified atom stereocenters. The summed E-state index contributed by atoms with van der Waals surface area (Å²) in [5.41, 5.74) is 0. The second-order valence-electron chi connectivity index (χ2n) is 7.06. The van der Waals surface area contributed by atoms with Crippen LogP contribution in [0.5, 0.6) is 0 Å². The Bertz CT molecular complexity index is 160. The van der Waals surface area contributed by atoms with Crippen LogP contribution in [0.25, 0.3) is 0 Å². The van der Waals surface area contributed by atoms with E-state index < -0.39 is 18.8 Å². The van der Waals surface area contributed by atoms with Gasteiger partial charge in [-0.05, 0) is 0 Å². The molecule has 0 bridgehead atoms. The minimum Gasteiger partial charge on any atom is -0.870 e. The topological polar surface area (TPSA) is 30.0 Å². The molecule has 0 aliphatic carbocycles. The van der Waals surface area contributed by atoms with E-state index in [0.717, 1.165) is 0 Å². The Morgan fingerprint density at radius 3 is 0.818 bits per heavy atom. The summed E-state index contributed by atoms with van der Waals surface area (Å²) in [6, 6.07) is 0. The van der Waals surface area contributed by atoms with Crippen LogP contribution in [0.3, 0.4) is 0 Å². The first-order valence-corrected chi connectivity index (χ1v) is 17.3. The molecule has 0 saturated heterocycles. The van der Waals surface area contributed by atoms with Crippen LogP contribution in [0.4, 0.5) is 0 Å². The summed E-state index contributed by atoms with van der Waals surface area (Å²) in [5.74, 6) is 0. The summed E-state index contributed by atoms with van der Waals surface area (Å²) in [6.07, 6.45) is 17.8. The van der Waals surface area contributed by atoms with Crippen molar-refractivity contribution in [3.8, 4) is 0 Å². The van der Waals surface area contributed by atoms with Crippen molar-refractivity contribution in [2.75, 3.05) is 0 Å². The molecule has 136 valence electrons. The number of hydrogen-bond donors (Lipinski definition) is 0. The first-order valence-electron chi connectivity index (χ1n) is 10.1. The van der Waals surface area contributed by atoms with E-state index in [1.807, 2.05) is 0 Å². The first kappa shape index (κ1) is 25.0. The predicted octanol–water partition coefficient (Wildman–Crippen LogP) is 8.02. The molecule has 0 heterocycles. The van der Waals surface area contributed by atoms with Crippen molar-refractivity contribution >= 4 is 18.8 Å². The molecule has 0 aromatic rings. The first-order chi connectivity index (χ1) is 10.2. The Balaban J connectivity index is 0. The fourth-order valence-corrected chi connectivity index (χ4v) is 17.5. The molecular formula is C20H45OSb. The number of rotatable bonds is 16. The van der Waals surface area contributed by atoms with Crippen LogP contribution >= 0.6 is 0 Å². The summed E-state index contributed by atoms with van der Waals surface area (Å²) >= 11 is -1.67. The SMILES string of the molecule is CCCC[CH2][Sb+]([CH2]CCCC)([CH2]CCCC)[CH2]CCCC.[OH-]. The molecule has 0 aromatic carbocycles. The standard InChI is InChI=1S/4C5H11.H2O.Sb/c4*1-3-5-4-2;;/h4*1,3-5H2,2H3;1H2;/q;;;;;+1/p-1. The maximum atomic E-state index is 2.36. The molecule has 0 aliphatic rings. The smallest absolute Gasteiger partial charge is 0.870 e. The molecule has 0 radical (unpaired) electrons. The third kappa shape index (κ3) is 13.2. The second kappa shape index (κ2) is 18.1. The molecule has 2 heteroatoms.